The monoisotopic (exact) mass is 717 g/mol. The standard InChI is InChI=1S/C32H34ClF6N5O5/c1-2-47-29(45)26-19-40-44(28(26)31(34,35)36)24-4-3-11-43(20-24)27-18-22(33)7-10-25(27)21-5-8-23(9-6-21)41-12-14-42(15-13-41)30(46)48-16-17-49-32(37,38)39/h5-10,18-19,24H,2-4,11-17,20H2,1H3. The second-order valence-electron chi connectivity index (χ2n) is 11.4. The summed E-state index contributed by atoms with van der Waals surface area (Å²) in [5.41, 5.74) is 1.55. The Hall–Kier alpha value is -4.18. The number of hydrogen-bond acceptors (Lipinski definition) is 8. The quantitative estimate of drug-likeness (QED) is 0.132. The number of anilines is 2. The number of benzene rings is 2. The summed E-state index contributed by atoms with van der Waals surface area (Å²) >= 11 is 6.40. The lowest BCUT2D eigenvalue weighted by Gasteiger charge is -2.36. The SMILES string of the molecule is CCOC(=O)c1cnn(C2CCCN(c3cc(Cl)ccc3-c3ccc(N4CCN(C(=O)OCCOC(F)(F)F)CC4)cc3)C2)c1C(F)(F)F. The number of carbonyl (C=O) groups is 2. The van der Waals surface area contributed by atoms with Gasteiger partial charge < -0.3 is 24.2 Å². The molecular weight excluding hydrogens is 684 g/mol. The highest BCUT2D eigenvalue weighted by Gasteiger charge is 2.43. The Labute approximate surface area is 283 Å². The number of carbonyl (C=O) groups excluding carboxylic acids is 2. The average molecular weight is 718 g/mol. The summed E-state index contributed by atoms with van der Waals surface area (Å²) in [6.07, 6.45) is -8.42. The van der Waals surface area contributed by atoms with Crippen molar-refractivity contribution in [2.24, 2.45) is 0 Å². The van der Waals surface area contributed by atoms with Crippen LogP contribution in [0.3, 0.4) is 0 Å². The summed E-state index contributed by atoms with van der Waals surface area (Å²) in [6, 6.07) is 12.4. The summed E-state index contributed by atoms with van der Waals surface area (Å²) in [5.74, 6) is -1.08. The molecular formula is C32H34ClF6N5O5. The fraction of sp³-hybridized carbons (Fsp3) is 0.469. The predicted octanol–water partition coefficient (Wildman–Crippen LogP) is 7.04. The number of halogens is 7. The van der Waals surface area contributed by atoms with Gasteiger partial charge in [-0.3, -0.25) is 9.42 Å². The second kappa shape index (κ2) is 15.2. The maximum Gasteiger partial charge on any atom is 0.522 e. The average Bonchev–Trinajstić information content (AvgIpc) is 3.53. The van der Waals surface area contributed by atoms with Gasteiger partial charge in [0.15, 0.2) is 5.69 Å². The van der Waals surface area contributed by atoms with Crippen LogP contribution in [0.15, 0.2) is 48.7 Å². The molecule has 1 atom stereocenters. The highest BCUT2D eigenvalue weighted by atomic mass is 35.5. The molecule has 2 aliphatic rings. The van der Waals surface area contributed by atoms with E-state index in [2.05, 4.69) is 14.7 Å². The van der Waals surface area contributed by atoms with Crippen molar-refractivity contribution in [3.05, 3.63) is 64.9 Å². The van der Waals surface area contributed by atoms with Gasteiger partial charge in [0.1, 0.15) is 12.2 Å². The molecule has 266 valence electrons. The molecule has 2 aromatic carbocycles. The van der Waals surface area contributed by atoms with E-state index in [0.29, 0.717) is 50.6 Å². The second-order valence-corrected chi connectivity index (χ2v) is 11.8. The third-order valence-electron chi connectivity index (χ3n) is 8.26. The van der Waals surface area contributed by atoms with Gasteiger partial charge in [-0.05, 0) is 49.6 Å². The van der Waals surface area contributed by atoms with Crippen LogP contribution in [-0.4, -0.2) is 92.2 Å². The van der Waals surface area contributed by atoms with E-state index in [0.717, 1.165) is 33.4 Å². The highest BCUT2D eigenvalue weighted by molar-refractivity contribution is 6.31. The summed E-state index contributed by atoms with van der Waals surface area (Å²) in [5, 5.41) is 4.46. The molecule has 1 unspecified atom stereocenters. The van der Waals surface area contributed by atoms with Crippen LogP contribution in [0, 0.1) is 0 Å². The van der Waals surface area contributed by atoms with Crippen LogP contribution in [0.5, 0.6) is 0 Å². The summed E-state index contributed by atoms with van der Waals surface area (Å²) in [6.45, 7) is 2.48. The molecule has 5 rings (SSSR count). The van der Waals surface area contributed by atoms with Crippen LogP contribution >= 0.6 is 11.6 Å². The zero-order valence-corrected chi connectivity index (χ0v) is 27.2. The van der Waals surface area contributed by atoms with Gasteiger partial charge in [-0.1, -0.05) is 29.8 Å². The van der Waals surface area contributed by atoms with E-state index in [1.54, 1.807) is 12.1 Å². The number of piperidine rings is 1. The van der Waals surface area contributed by atoms with E-state index >= 15 is 0 Å². The first-order valence-electron chi connectivity index (χ1n) is 15.6. The van der Waals surface area contributed by atoms with Crippen LogP contribution in [0.2, 0.25) is 5.02 Å². The van der Waals surface area contributed by atoms with Crippen molar-refractivity contribution in [2.45, 2.75) is 38.3 Å². The van der Waals surface area contributed by atoms with Crippen molar-refractivity contribution in [3.8, 4) is 11.1 Å². The molecule has 2 saturated heterocycles. The maximum atomic E-state index is 14.2. The van der Waals surface area contributed by atoms with E-state index in [9.17, 15) is 35.9 Å². The maximum absolute atomic E-state index is 14.2. The fourth-order valence-electron chi connectivity index (χ4n) is 6.04. The minimum absolute atomic E-state index is 0.0695. The van der Waals surface area contributed by atoms with Crippen molar-refractivity contribution in [3.63, 3.8) is 0 Å². The summed E-state index contributed by atoms with van der Waals surface area (Å²) < 4.78 is 93.2. The van der Waals surface area contributed by atoms with E-state index in [1.807, 2.05) is 35.2 Å². The largest absolute Gasteiger partial charge is 0.522 e. The van der Waals surface area contributed by atoms with Crippen molar-refractivity contribution in [1.82, 2.24) is 14.7 Å². The Morgan fingerprint density at radius 1 is 0.918 bits per heavy atom. The van der Waals surface area contributed by atoms with E-state index < -0.39 is 55.1 Å². The Kier molecular flexibility index (Phi) is 11.2. The van der Waals surface area contributed by atoms with Crippen molar-refractivity contribution in [1.29, 1.82) is 0 Å². The number of amides is 1. The molecule has 2 aliphatic heterocycles. The predicted molar refractivity (Wildman–Crippen MR) is 168 cm³/mol. The lowest BCUT2D eigenvalue weighted by molar-refractivity contribution is -0.326. The molecule has 17 heteroatoms. The van der Waals surface area contributed by atoms with Gasteiger partial charge in [-0.15, -0.1) is 13.2 Å². The minimum atomic E-state index is -4.82. The number of piperazine rings is 1. The molecule has 3 aromatic rings. The van der Waals surface area contributed by atoms with Crippen LogP contribution in [0.25, 0.3) is 11.1 Å². The van der Waals surface area contributed by atoms with Crippen LogP contribution in [0.4, 0.5) is 42.5 Å². The van der Waals surface area contributed by atoms with Gasteiger partial charge >= 0.3 is 24.6 Å². The fourth-order valence-corrected chi connectivity index (χ4v) is 6.21. The number of esters is 1. The van der Waals surface area contributed by atoms with Gasteiger partial charge in [0.2, 0.25) is 0 Å². The molecule has 10 nitrogen and oxygen atoms in total. The molecule has 3 heterocycles. The number of nitrogens with zero attached hydrogens (tertiary/aromatic N) is 5. The zero-order chi connectivity index (χ0) is 35.3. The first-order chi connectivity index (χ1) is 23.2. The summed E-state index contributed by atoms with van der Waals surface area (Å²) in [4.78, 5) is 30.0. The lowest BCUT2D eigenvalue weighted by atomic mass is 9.99. The molecule has 0 N–H and O–H groups in total. The topological polar surface area (TPSA) is 89.4 Å². The smallest absolute Gasteiger partial charge is 0.462 e. The van der Waals surface area contributed by atoms with E-state index in [4.69, 9.17) is 21.1 Å². The minimum Gasteiger partial charge on any atom is -0.462 e. The highest BCUT2D eigenvalue weighted by Crippen LogP contribution is 2.40. The van der Waals surface area contributed by atoms with Crippen molar-refractivity contribution < 1.29 is 50.1 Å². The molecule has 0 radical (unpaired) electrons. The molecule has 0 spiro atoms. The molecule has 1 aromatic heterocycles. The third kappa shape index (κ3) is 8.90. The Morgan fingerprint density at radius 2 is 1.63 bits per heavy atom. The van der Waals surface area contributed by atoms with Gasteiger partial charge in [-0.2, -0.15) is 18.3 Å². The lowest BCUT2D eigenvalue weighted by Crippen LogP contribution is -2.49. The first kappa shape index (κ1) is 36.1. The van der Waals surface area contributed by atoms with Crippen LogP contribution < -0.4 is 9.80 Å². The number of aromatic nitrogens is 2. The Bertz CT molecular complexity index is 1610. The zero-order valence-electron chi connectivity index (χ0n) is 26.4. The number of hydrogen-bond donors (Lipinski definition) is 0. The number of rotatable bonds is 9. The van der Waals surface area contributed by atoms with Gasteiger partial charge in [0.25, 0.3) is 0 Å². The summed E-state index contributed by atoms with van der Waals surface area (Å²) in [7, 11) is 0. The number of alkyl halides is 6. The van der Waals surface area contributed by atoms with E-state index in [1.165, 1.54) is 11.8 Å². The molecule has 2 fully saturated rings. The van der Waals surface area contributed by atoms with Gasteiger partial charge in [-0.25, -0.2) is 9.59 Å². The van der Waals surface area contributed by atoms with Crippen LogP contribution in [-0.2, 0) is 20.4 Å². The van der Waals surface area contributed by atoms with E-state index in [-0.39, 0.29) is 13.2 Å². The van der Waals surface area contributed by atoms with Crippen LogP contribution in [0.1, 0.15) is 41.9 Å². The molecule has 1 amide bonds. The Morgan fingerprint density at radius 3 is 2.29 bits per heavy atom. The molecule has 0 saturated carbocycles. The number of ether oxygens (including phenoxy) is 3. The molecule has 49 heavy (non-hydrogen) atoms. The van der Waals surface area contributed by atoms with Crippen molar-refractivity contribution >= 4 is 35.0 Å². The first-order valence-corrected chi connectivity index (χ1v) is 16.0. The van der Waals surface area contributed by atoms with Gasteiger partial charge in [0, 0.05) is 61.2 Å². The van der Waals surface area contributed by atoms with Gasteiger partial charge in [0.05, 0.1) is 25.5 Å². The normalized spacial score (nSPS) is 17.3. The van der Waals surface area contributed by atoms with Crippen molar-refractivity contribution in [2.75, 3.05) is 68.9 Å². The third-order valence-corrected chi connectivity index (χ3v) is 8.49. The molecule has 0 aliphatic carbocycles. The molecule has 0 bridgehead atoms. The Balaban J connectivity index is 1.27.